The molecule has 0 aliphatic rings. The molecule has 0 atom stereocenters. The highest BCUT2D eigenvalue weighted by Crippen LogP contribution is 2.16. The molecule has 0 unspecified atom stereocenters. The van der Waals surface area contributed by atoms with Crippen LogP contribution in [0.1, 0.15) is 17.1 Å². The van der Waals surface area contributed by atoms with Crippen LogP contribution < -0.4 is 5.56 Å². The molecule has 122 valence electrons. The SMILES string of the molecule is Cc1cccc(-n2c(C=Cc3ccco3)nc3ccccc3c2=O)c1. The van der Waals surface area contributed by atoms with Crippen LogP contribution in [0.15, 0.2) is 76.1 Å². The fourth-order valence-corrected chi connectivity index (χ4v) is 2.82. The van der Waals surface area contributed by atoms with Crippen LogP contribution in [0.4, 0.5) is 0 Å². The van der Waals surface area contributed by atoms with Gasteiger partial charge in [-0.1, -0.05) is 24.3 Å². The van der Waals surface area contributed by atoms with E-state index >= 15 is 0 Å². The summed E-state index contributed by atoms with van der Waals surface area (Å²) in [5, 5.41) is 0.596. The van der Waals surface area contributed by atoms with E-state index in [1.165, 1.54) is 0 Å². The van der Waals surface area contributed by atoms with Crippen LogP contribution in [-0.4, -0.2) is 9.55 Å². The molecule has 2 heterocycles. The molecule has 25 heavy (non-hydrogen) atoms. The Hall–Kier alpha value is -3.40. The van der Waals surface area contributed by atoms with E-state index in [9.17, 15) is 4.79 Å². The second-order valence-corrected chi connectivity index (χ2v) is 5.82. The molecule has 4 heteroatoms. The van der Waals surface area contributed by atoms with Gasteiger partial charge in [0, 0.05) is 0 Å². The van der Waals surface area contributed by atoms with Crippen LogP contribution in [0.25, 0.3) is 28.7 Å². The van der Waals surface area contributed by atoms with E-state index in [4.69, 9.17) is 4.42 Å². The van der Waals surface area contributed by atoms with Crippen molar-refractivity contribution in [2.75, 3.05) is 0 Å². The first-order valence-corrected chi connectivity index (χ1v) is 8.03. The van der Waals surface area contributed by atoms with Crippen LogP contribution in [0.5, 0.6) is 0 Å². The maximum atomic E-state index is 13.1. The summed E-state index contributed by atoms with van der Waals surface area (Å²) in [7, 11) is 0. The molecule has 0 radical (unpaired) electrons. The largest absolute Gasteiger partial charge is 0.465 e. The lowest BCUT2D eigenvalue weighted by Gasteiger charge is -2.12. The number of benzene rings is 2. The van der Waals surface area contributed by atoms with Gasteiger partial charge >= 0.3 is 0 Å². The van der Waals surface area contributed by atoms with E-state index < -0.39 is 0 Å². The van der Waals surface area contributed by atoms with Gasteiger partial charge in [-0.2, -0.15) is 0 Å². The highest BCUT2D eigenvalue weighted by Gasteiger charge is 2.11. The fourth-order valence-electron chi connectivity index (χ4n) is 2.82. The molecule has 4 aromatic rings. The standard InChI is InChI=1S/C21H16N2O2/c1-15-6-4-7-16(14-15)23-20(12-11-17-8-5-13-25-17)22-19-10-3-2-9-18(19)21(23)24/h2-14H,1H3. The second kappa shape index (κ2) is 6.24. The lowest BCUT2D eigenvalue weighted by Crippen LogP contribution is -2.22. The van der Waals surface area contributed by atoms with Crippen LogP contribution in [0, 0.1) is 6.92 Å². The van der Waals surface area contributed by atoms with E-state index in [0.29, 0.717) is 22.5 Å². The van der Waals surface area contributed by atoms with Crippen molar-refractivity contribution in [3.63, 3.8) is 0 Å². The zero-order valence-corrected chi connectivity index (χ0v) is 13.7. The van der Waals surface area contributed by atoms with E-state index in [2.05, 4.69) is 4.98 Å². The number of rotatable bonds is 3. The maximum absolute atomic E-state index is 13.1. The van der Waals surface area contributed by atoms with Crippen molar-refractivity contribution < 1.29 is 4.42 Å². The Bertz CT molecular complexity index is 1120. The minimum atomic E-state index is -0.0877. The first kappa shape index (κ1) is 15.1. The number of nitrogens with zero attached hydrogens (tertiary/aromatic N) is 2. The first-order chi connectivity index (χ1) is 12.2. The van der Waals surface area contributed by atoms with Gasteiger partial charge in [0.2, 0.25) is 0 Å². The van der Waals surface area contributed by atoms with Crippen molar-refractivity contribution in [2.24, 2.45) is 0 Å². The Kier molecular flexibility index (Phi) is 3.78. The number of para-hydroxylation sites is 1. The first-order valence-electron chi connectivity index (χ1n) is 8.03. The number of aromatic nitrogens is 2. The van der Waals surface area contributed by atoms with Crippen LogP contribution in [0.3, 0.4) is 0 Å². The quantitative estimate of drug-likeness (QED) is 0.558. The Labute approximate surface area is 144 Å². The molecular formula is C21H16N2O2. The van der Waals surface area contributed by atoms with Gasteiger partial charge in [-0.3, -0.25) is 9.36 Å². The smallest absolute Gasteiger partial charge is 0.266 e. The third-order valence-corrected chi connectivity index (χ3v) is 4.00. The van der Waals surface area contributed by atoms with Crippen molar-refractivity contribution in [3.8, 4) is 5.69 Å². The minimum absolute atomic E-state index is 0.0877. The summed E-state index contributed by atoms with van der Waals surface area (Å²) in [6.45, 7) is 2.00. The normalized spacial score (nSPS) is 11.4. The van der Waals surface area contributed by atoms with Gasteiger partial charge in [-0.15, -0.1) is 0 Å². The molecule has 0 bridgehead atoms. The third-order valence-electron chi connectivity index (χ3n) is 4.00. The van der Waals surface area contributed by atoms with Crippen molar-refractivity contribution in [2.45, 2.75) is 6.92 Å². The van der Waals surface area contributed by atoms with E-state index in [1.807, 2.05) is 67.6 Å². The molecule has 0 saturated heterocycles. The summed E-state index contributed by atoms with van der Waals surface area (Å²) in [5.41, 5.74) is 2.46. The van der Waals surface area contributed by atoms with Gasteiger partial charge in [0.05, 0.1) is 22.9 Å². The lowest BCUT2D eigenvalue weighted by molar-refractivity contribution is 0.557. The Balaban J connectivity index is 1.99. The van der Waals surface area contributed by atoms with Crippen LogP contribution in [0.2, 0.25) is 0 Å². The summed E-state index contributed by atoms with van der Waals surface area (Å²) in [5.74, 6) is 1.27. The highest BCUT2D eigenvalue weighted by atomic mass is 16.3. The van der Waals surface area contributed by atoms with Crippen LogP contribution in [-0.2, 0) is 0 Å². The average molecular weight is 328 g/mol. The summed E-state index contributed by atoms with van der Waals surface area (Å²) in [4.78, 5) is 17.8. The van der Waals surface area contributed by atoms with Crippen molar-refractivity contribution in [1.29, 1.82) is 0 Å². The minimum Gasteiger partial charge on any atom is -0.465 e. The lowest BCUT2D eigenvalue weighted by atomic mass is 10.2. The Morgan fingerprint density at radius 2 is 1.88 bits per heavy atom. The van der Waals surface area contributed by atoms with Gasteiger partial charge in [0.1, 0.15) is 11.6 Å². The Morgan fingerprint density at radius 3 is 2.68 bits per heavy atom. The predicted molar refractivity (Wildman–Crippen MR) is 99.7 cm³/mol. The van der Waals surface area contributed by atoms with E-state index in [-0.39, 0.29) is 5.56 Å². The summed E-state index contributed by atoms with van der Waals surface area (Å²) < 4.78 is 6.97. The maximum Gasteiger partial charge on any atom is 0.266 e. The highest BCUT2D eigenvalue weighted by molar-refractivity contribution is 5.79. The molecule has 0 fully saturated rings. The summed E-state index contributed by atoms with van der Waals surface area (Å²) >= 11 is 0. The molecule has 2 aromatic heterocycles. The van der Waals surface area contributed by atoms with E-state index in [1.54, 1.807) is 23.0 Å². The number of fused-ring (bicyclic) bond motifs is 1. The molecule has 0 N–H and O–H groups in total. The number of furan rings is 1. The molecule has 0 spiro atoms. The van der Waals surface area contributed by atoms with Gasteiger partial charge in [0.25, 0.3) is 5.56 Å². The number of aryl methyl sites for hydroxylation is 1. The molecule has 2 aromatic carbocycles. The molecule has 0 amide bonds. The average Bonchev–Trinajstić information content (AvgIpc) is 3.13. The molecule has 4 rings (SSSR count). The topological polar surface area (TPSA) is 48.0 Å². The molecular weight excluding hydrogens is 312 g/mol. The third kappa shape index (κ3) is 2.90. The van der Waals surface area contributed by atoms with Crippen molar-refractivity contribution in [1.82, 2.24) is 9.55 Å². The van der Waals surface area contributed by atoms with Gasteiger partial charge < -0.3 is 4.42 Å². The van der Waals surface area contributed by atoms with Gasteiger partial charge in [0.15, 0.2) is 0 Å². The van der Waals surface area contributed by atoms with Crippen molar-refractivity contribution in [3.05, 3.63) is 94.4 Å². The molecule has 4 nitrogen and oxygen atoms in total. The summed E-state index contributed by atoms with van der Waals surface area (Å²) in [6, 6.07) is 18.9. The molecule has 0 aliphatic carbocycles. The van der Waals surface area contributed by atoms with Gasteiger partial charge in [-0.25, -0.2) is 4.98 Å². The second-order valence-electron chi connectivity index (χ2n) is 5.82. The van der Waals surface area contributed by atoms with E-state index in [0.717, 1.165) is 11.3 Å². The van der Waals surface area contributed by atoms with Crippen molar-refractivity contribution >= 4 is 23.1 Å². The predicted octanol–water partition coefficient (Wildman–Crippen LogP) is 4.46. The van der Waals surface area contributed by atoms with Gasteiger partial charge in [-0.05, 0) is 61.0 Å². The number of hydrogen-bond acceptors (Lipinski definition) is 3. The fraction of sp³-hybridized carbons (Fsp3) is 0.0476. The van der Waals surface area contributed by atoms with Crippen LogP contribution >= 0.6 is 0 Å². The number of hydrogen-bond donors (Lipinski definition) is 0. The molecule has 0 aliphatic heterocycles. The summed E-state index contributed by atoms with van der Waals surface area (Å²) in [6.07, 6.45) is 5.22. The zero-order valence-electron chi connectivity index (χ0n) is 13.7. The monoisotopic (exact) mass is 328 g/mol. The molecule has 0 saturated carbocycles. The zero-order chi connectivity index (χ0) is 17.2. The Morgan fingerprint density at radius 1 is 1.00 bits per heavy atom.